The molecule has 0 saturated carbocycles. The standard InChI is InChI=1S/C11H11ClN2O/c12-7-6-11-13-10(14-15-11)8-9-4-2-1-3-5-9/h1-5H,6-8H2. The van der Waals surface area contributed by atoms with Crippen molar-refractivity contribution < 1.29 is 4.52 Å². The molecule has 4 heteroatoms. The van der Waals surface area contributed by atoms with Crippen LogP contribution >= 0.6 is 11.6 Å². The summed E-state index contributed by atoms with van der Waals surface area (Å²) in [6, 6.07) is 10.1. The molecule has 0 aliphatic heterocycles. The number of aryl methyl sites for hydroxylation is 1. The van der Waals surface area contributed by atoms with Crippen molar-refractivity contribution in [2.45, 2.75) is 12.8 Å². The molecular weight excluding hydrogens is 212 g/mol. The Labute approximate surface area is 93.1 Å². The molecule has 0 spiro atoms. The van der Waals surface area contributed by atoms with Crippen LogP contribution < -0.4 is 0 Å². The van der Waals surface area contributed by atoms with Gasteiger partial charge in [0.15, 0.2) is 5.82 Å². The highest BCUT2D eigenvalue weighted by molar-refractivity contribution is 6.17. The van der Waals surface area contributed by atoms with Gasteiger partial charge in [-0.3, -0.25) is 0 Å². The van der Waals surface area contributed by atoms with Gasteiger partial charge in [0.05, 0.1) is 0 Å². The first-order valence-electron chi connectivity index (χ1n) is 4.80. The lowest BCUT2D eigenvalue weighted by molar-refractivity contribution is 0.378. The minimum absolute atomic E-state index is 0.507. The molecule has 1 aromatic carbocycles. The summed E-state index contributed by atoms with van der Waals surface area (Å²) < 4.78 is 5.03. The van der Waals surface area contributed by atoms with Crippen LogP contribution in [-0.4, -0.2) is 16.0 Å². The molecule has 1 heterocycles. The van der Waals surface area contributed by atoms with E-state index < -0.39 is 0 Å². The summed E-state index contributed by atoms with van der Waals surface area (Å²) in [4.78, 5) is 4.23. The van der Waals surface area contributed by atoms with E-state index in [2.05, 4.69) is 10.1 Å². The summed E-state index contributed by atoms with van der Waals surface area (Å²) in [5.41, 5.74) is 1.18. The second-order valence-electron chi connectivity index (χ2n) is 3.21. The molecule has 2 rings (SSSR count). The van der Waals surface area contributed by atoms with Crippen molar-refractivity contribution in [1.82, 2.24) is 10.1 Å². The number of nitrogens with zero attached hydrogens (tertiary/aromatic N) is 2. The zero-order chi connectivity index (χ0) is 10.5. The molecule has 0 radical (unpaired) electrons. The lowest BCUT2D eigenvalue weighted by Gasteiger charge is -1.93. The molecule has 0 saturated heterocycles. The monoisotopic (exact) mass is 222 g/mol. The van der Waals surface area contributed by atoms with Crippen LogP contribution in [0.5, 0.6) is 0 Å². The predicted molar refractivity (Wildman–Crippen MR) is 58.0 cm³/mol. The van der Waals surface area contributed by atoms with Crippen LogP contribution in [0.25, 0.3) is 0 Å². The fourth-order valence-corrected chi connectivity index (χ4v) is 1.48. The normalized spacial score (nSPS) is 10.5. The highest BCUT2D eigenvalue weighted by Gasteiger charge is 2.05. The first kappa shape index (κ1) is 10.2. The topological polar surface area (TPSA) is 38.9 Å². The van der Waals surface area contributed by atoms with E-state index in [1.54, 1.807) is 0 Å². The van der Waals surface area contributed by atoms with Gasteiger partial charge in [0.2, 0.25) is 5.89 Å². The lowest BCUT2D eigenvalue weighted by Crippen LogP contribution is -1.91. The zero-order valence-electron chi connectivity index (χ0n) is 8.19. The van der Waals surface area contributed by atoms with Crippen LogP contribution in [0, 0.1) is 0 Å². The molecule has 0 unspecified atom stereocenters. The number of benzene rings is 1. The van der Waals surface area contributed by atoms with Gasteiger partial charge in [0, 0.05) is 18.7 Å². The number of halogens is 1. The van der Waals surface area contributed by atoms with Crippen molar-refractivity contribution in [3.63, 3.8) is 0 Å². The average Bonchev–Trinajstić information content (AvgIpc) is 2.68. The molecular formula is C11H11ClN2O. The maximum absolute atomic E-state index is 5.58. The summed E-state index contributed by atoms with van der Waals surface area (Å²) in [6.07, 6.45) is 1.33. The summed E-state index contributed by atoms with van der Waals surface area (Å²) in [5.74, 6) is 1.82. The number of hydrogen-bond acceptors (Lipinski definition) is 3. The van der Waals surface area contributed by atoms with Gasteiger partial charge in [0.1, 0.15) is 0 Å². The number of alkyl halides is 1. The quantitative estimate of drug-likeness (QED) is 0.746. The van der Waals surface area contributed by atoms with E-state index in [-0.39, 0.29) is 0 Å². The Morgan fingerprint density at radius 1 is 1.20 bits per heavy atom. The molecule has 0 atom stereocenters. The van der Waals surface area contributed by atoms with Crippen molar-refractivity contribution in [2.24, 2.45) is 0 Å². The SMILES string of the molecule is ClCCc1nc(Cc2ccccc2)no1. The summed E-state index contributed by atoms with van der Waals surface area (Å²) in [6.45, 7) is 0. The Balaban J connectivity index is 2.05. The molecule has 0 aliphatic carbocycles. The summed E-state index contributed by atoms with van der Waals surface area (Å²) >= 11 is 5.58. The molecule has 1 aromatic heterocycles. The van der Waals surface area contributed by atoms with Crippen molar-refractivity contribution in [1.29, 1.82) is 0 Å². The van der Waals surface area contributed by atoms with Gasteiger partial charge in [-0.2, -0.15) is 4.98 Å². The van der Waals surface area contributed by atoms with Crippen LogP contribution in [0.3, 0.4) is 0 Å². The van der Waals surface area contributed by atoms with Crippen molar-refractivity contribution in [3.8, 4) is 0 Å². The van der Waals surface area contributed by atoms with Crippen LogP contribution in [0.15, 0.2) is 34.9 Å². The molecule has 15 heavy (non-hydrogen) atoms. The molecule has 0 N–H and O–H groups in total. The maximum Gasteiger partial charge on any atom is 0.227 e. The lowest BCUT2D eigenvalue weighted by atomic mass is 10.1. The first-order chi connectivity index (χ1) is 7.38. The second-order valence-corrected chi connectivity index (χ2v) is 3.58. The van der Waals surface area contributed by atoms with E-state index in [4.69, 9.17) is 16.1 Å². The average molecular weight is 223 g/mol. The number of aromatic nitrogens is 2. The summed E-state index contributed by atoms with van der Waals surface area (Å²) in [7, 11) is 0. The Morgan fingerprint density at radius 2 is 2.00 bits per heavy atom. The van der Waals surface area contributed by atoms with E-state index in [0.717, 1.165) is 0 Å². The molecule has 0 bridgehead atoms. The number of hydrogen-bond donors (Lipinski definition) is 0. The Kier molecular flexibility index (Phi) is 3.35. The second kappa shape index (κ2) is 4.94. The van der Waals surface area contributed by atoms with Gasteiger partial charge in [0.25, 0.3) is 0 Å². The highest BCUT2D eigenvalue weighted by Crippen LogP contribution is 2.06. The van der Waals surface area contributed by atoms with E-state index in [9.17, 15) is 0 Å². The van der Waals surface area contributed by atoms with Gasteiger partial charge >= 0.3 is 0 Å². The Hall–Kier alpha value is -1.35. The highest BCUT2D eigenvalue weighted by atomic mass is 35.5. The molecule has 0 fully saturated rings. The van der Waals surface area contributed by atoms with Crippen molar-refractivity contribution >= 4 is 11.6 Å². The fraction of sp³-hybridized carbons (Fsp3) is 0.273. The van der Waals surface area contributed by atoms with Crippen LogP contribution in [0.4, 0.5) is 0 Å². The van der Waals surface area contributed by atoms with Gasteiger partial charge in [-0.1, -0.05) is 35.5 Å². The van der Waals surface area contributed by atoms with E-state index in [0.29, 0.717) is 30.4 Å². The van der Waals surface area contributed by atoms with E-state index >= 15 is 0 Å². The van der Waals surface area contributed by atoms with Gasteiger partial charge in [-0.05, 0) is 5.56 Å². The molecule has 0 amide bonds. The predicted octanol–water partition coefficient (Wildman–Crippen LogP) is 2.44. The van der Waals surface area contributed by atoms with Crippen LogP contribution in [0.2, 0.25) is 0 Å². The Bertz CT molecular complexity index is 414. The van der Waals surface area contributed by atoms with E-state index in [1.165, 1.54) is 5.56 Å². The van der Waals surface area contributed by atoms with Gasteiger partial charge < -0.3 is 4.52 Å². The number of rotatable bonds is 4. The molecule has 78 valence electrons. The molecule has 2 aromatic rings. The zero-order valence-corrected chi connectivity index (χ0v) is 8.94. The minimum atomic E-state index is 0.507. The third-order valence-corrected chi connectivity index (χ3v) is 2.21. The first-order valence-corrected chi connectivity index (χ1v) is 5.33. The minimum Gasteiger partial charge on any atom is -0.339 e. The van der Waals surface area contributed by atoms with Crippen molar-refractivity contribution in [2.75, 3.05) is 5.88 Å². The third-order valence-electron chi connectivity index (χ3n) is 2.02. The molecule has 0 aliphatic rings. The van der Waals surface area contributed by atoms with Crippen LogP contribution in [-0.2, 0) is 12.8 Å². The molecule has 3 nitrogen and oxygen atoms in total. The summed E-state index contributed by atoms with van der Waals surface area (Å²) in [5, 5.41) is 3.89. The fourth-order valence-electron chi connectivity index (χ4n) is 1.32. The van der Waals surface area contributed by atoms with Gasteiger partial charge in [-0.15, -0.1) is 11.6 Å². The van der Waals surface area contributed by atoms with Crippen molar-refractivity contribution in [3.05, 3.63) is 47.6 Å². The smallest absolute Gasteiger partial charge is 0.227 e. The van der Waals surface area contributed by atoms with Crippen LogP contribution in [0.1, 0.15) is 17.3 Å². The Morgan fingerprint density at radius 3 is 2.73 bits per heavy atom. The van der Waals surface area contributed by atoms with E-state index in [1.807, 2.05) is 30.3 Å². The maximum atomic E-state index is 5.58. The van der Waals surface area contributed by atoms with Gasteiger partial charge in [-0.25, -0.2) is 0 Å². The third kappa shape index (κ3) is 2.80. The largest absolute Gasteiger partial charge is 0.339 e.